The molecule has 1 saturated heterocycles. The number of piperazine rings is 1. The summed E-state index contributed by atoms with van der Waals surface area (Å²) in [5, 5.41) is 1.03. The van der Waals surface area contributed by atoms with Crippen LogP contribution in [0.3, 0.4) is 0 Å². The lowest BCUT2D eigenvalue weighted by atomic mass is 10.2. The number of hydrogen-bond donors (Lipinski definition) is 0. The van der Waals surface area contributed by atoms with Crippen molar-refractivity contribution in [3.63, 3.8) is 0 Å². The molecule has 138 valence electrons. The van der Waals surface area contributed by atoms with Crippen LogP contribution < -0.4 is 0 Å². The van der Waals surface area contributed by atoms with Crippen LogP contribution in [0.1, 0.15) is 24.3 Å². The second-order valence-corrected chi connectivity index (χ2v) is 6.52. The number of carbonyl (C=O) groups excluding carboxylic acids is 2. The summed E-state index contributed by atoms with van der Waals surface area (Å²) < 4.78 is 0. The van der Waals surface area contributed by atoms with Crippen molar-refractivity contribution in [3.05, 3.63) is 42.1 Å². The maximum atomic E-state index is 12.7. The third kappa shape index (κ3) is 4.02. The molecule has 0 saturated carbocycles. The molecule has 1 aliphatic heterocycles. The van der Waals surface area contributed by atoms with E-state index in [1.165, 1.54) is 0 Å². The Labute approximate surface area is 154 Å². The highest BCUT2D eigenvalue weighted by atomic mass is 16.2. The SMILES string of the molecule is CCN(CC)C(=O)CN1CCN(C(=O)c2ccc3ccccc3n2)CC1. The minimum Gasteiger partial charge on any atom is -0.342 e. The Kier molecular flexibility index (Phi) is 5.83. The third-order valence-corrected chi connectivity index (χ3v) is 4.95. The van der Waals surface area contributed by atoms with Gasteiger partial charge in [0.25, 0.3) is 5.91 Å². The molecule has 0 bridgehead atoms. The Morgan fingerprint density at radius 3 is 2.38 bits per heavy atom. The summed E-state index contributed by atoms with van der Waals surface area (Å²) in [5.74, 6) is 0.122. The van der Waals surface area contributed by atoms with Gasteiger partial charge in [-0.05, 0) is 26.0 Å². The quantitative estimate of drug-likeness (QED) is 0.822. The summed E-state index contributed by atoms with van der Waals surface area (Å²) in [6, 6.07) is 11.5. The van der Waals surface area contributed by atoms with Crippen LogP contribution in [0.15, 0.2) is 36.4 Å². The van der Waals surface area contributed by atoms with Crippen LogP contribution in [0.5, 0.6) is 0 Å². The lowest BCUT2D eigenvalue weighted by Crippen LogP contribution is -2.51. The van der Waals surface area contributed by atoms with Crippen LogP contribution in [0, 0.1) is 0 Å². The number of hydrogen-bond acceptors (Lipinski definition) is 4. The molecule has 6 heteroatoms. The van der Waals surface area contributed by atoms with Gasteiger partial charge in [-0.25, -0.2) is 4.98 Å². The topological polar surface area (TPSA) is 56.8 Å². The van der Waals surface area contributed by atoms with E-state index in [4.69, 9.17) is 0 Å². The molecule has 3 rings (SSSR count). The standard InChI is InChI=1S/C20H26N4O2/c1-3-23(4-2)19(25)15-22-11-13-24(14-12-22)20(26)18-10-9-16-7-5-6-8-17(16)21-18/h5-10H,3-4,11-15H2,1-2H3. The van der Waals surface area contributed by atoms with Crippen molar-refractivity contribution in [1.29, 1.82) is 0 Å². The molecule has 6 nitrogen and oxygen atoms in total. The highest BCUT2D eigenvalue weighted by molar-refractivity contribution is 5.95. The average Bonchev–Trinajstić information content (AvgIpc) is 2.68. The van der Waals surface area contributed by atoms with Gasteiger partial charge in [0, 0.05) is 44.7 Å². The fourth-order valence-corrected chi connectivity index (χ4v) is 3.32. The molecule has 0 spiro atoms. The fourth-order valence-electron chi connectivity index (χ4n) is 3.32. The molecule has 0 radical (unpaired) electrons. The normalized spacial score (nSPS) is 15.2. The van der Waals surface area contributed by atoms with Crippen LogP contribution in [-0.4, -0.2) is 77.3 Å². The van der Waals surface area contributed by atoms with Crippen LogP contribution >= 0.6 is 0 Å². The van der Waals surface area contributed by atoms with E-state index in [-0.39, 0.29) is 11.8 Å². The predicted molar refractivity (Wildman–Crippen MR) is 102 cm³/mol. The molecule has 1 aromatic carbocycles. The first-order valence-electron chi connectivity index (χ1n) is 9.27. The van der Waals surface area contributed by atoms with Crippen LogP contribution in [0.25, 0.3) is 10.9 Å². The molecular formula is C20H26N4O2. The van der Waals surface area contributed by atoms with E-state index in [0.29, 0.717) is 38.4 Å². The van der Waals surface area contributed by atoms with Crippen LogP contribution in [-0.2, 0) is 4.79 Å². The zero-order valence-electron chi connectivity index (χ0n) is 15.5. The molecule has 2 heterocycles. The zero-order chi connectivity index (χ0) is 18.5. The predicted octanol–water partition coefficient (Wildman–Crippen LogP) is 1.86. The largest absolute Gasteiger partial charge is 0.342 e. The lowest BCUT2D eigenvalue weighted by molar-refractivity contribution is -0.132. The molecule has 2 aromatic rings. The molecule has 0 unspecified atom stereocenters. The summed E-state index contributed by atoms with van der Waals surface area (Å²) in [4.78, 5) is 35.3. The summed E-state index contributed by atoms with van der Waals surface area (Å²) in [6.07, 6.45) is 0. The molecule has 0 aliphatic carbocycles. The smallest absolute Gasteiger partial charge is 0.272 e. The average molecular weight is 354 g/mol. The van der Waals surface area contributed by atoms with Gasteiger partial charge in [-0.15, -0.1) is 0 Å². The van der Waals surface area contributed by atoms with Crippen molar-refractivity contribution in [2.45, 2.75) is 13.8 Å². The molecule has 2 amide bonds. The van der Waals surface area contributed by atoms with E-state index in [2.05, 4.69) is 9.88 Å². The Morgan fingerprint density at radius 1 is 1.00 bits per heavy atom. The first-order valence-corrected chi connectivity index (χ1v) is 9.27. The van der Waals surface area contributed by atoms with Crippen molar-refractivity contribution in [2.75, 3.05) is 45.8 Å². The molecule has 1 aliphatic rings. The minimum absolute atomic E-state index is 0.0366. The summed E-state index contributed by atoms with van der Waals surface area (Å²) in [7, 11) is 0. The van der Waals surface area contributed by atoms with Gasteiger partial charge in [-0.1, -0.05) is 24.3 Å². The van der Waals surface area contributed by atoms with Crippen molar-refractivity contribution in [3.8, 4) is 0 Å². The second kappa shape index (κ2) is 8.27. The number of pyridine rings is 1. The number of fused-ring (bicyclic) bond motifs is 1. The molecule has 1 aromatic heterocycles. The Balaban J connectivity index is 1.58. The number of amides is 2. The van der Waals surface area contributed by atoms with Gasteiger partial charge < -0.3 is 9.80 Å². The van der Waals surface area contributed by atoms with Crippen molar-refractivity contribution in [1.82, 2.24) is 19.7 Å². The Morgan fingerprint density at radius 2 is 1.69 bits per heavy atom. The summed E-state index contributed by atoms with van der Waals surface area (Å²) >= 11 is 0. The number of para-hydroxylation sites is 1. The van der Waals surface area contributed by atoms with Crippen molar-refractivity contribution in [2.24, 2.45) is 0 Å². The van der Waals surface area contributed by atoms with Crippen molar-refractivity contribution >= 4 is 22.7 Å². The van der Waals surface area contributed by atoms with Gasteiger partial charge in [-0.3, -0.25) is 14.5 Å². The first kappa shape index (κ1) is 18.3. The second-order valence-electron chi connectivity index (χ2n) is 6.52. The number of likely N-dealkylation sites (N-methyl/N-ethyl adjacent to an activating group) is 1. The molecule has 1 fully saturated rings. The number of benzene rings is 1. The number of nitrogens with zero attached hydrogens (tertiary/aromatic N) is 4. The molecule has 26 heavy (non-hydrogen) atoms. The number of carbonyl (C=O) groups is 2. The number of rotatable bonds is 5. The Hall–Kier alpha value is -2.47. The summed E-state index contributed by atoms with van der Waals surface area (Å²) in [6.45, 7) is 8.57. The van der Waals surface area contributed by atoms with Gasteiger partial charge in [-0.2, -0.15) is 0 Å². The molecular weight excluding hydrogens is 328 g/mol. The van der Waals surface area contributed by atoms with Crippen LogP contribution in [0.4, 0.5) is 0 Å². The minimum atomic E-state index is -0.0366. The van der Waals surface area contributed by atoms with Gasteiger partial charge >= 0.3 is 0 Å². The fraction of sp³-hybridized carbons (Fsp3) is 0.450. The van der Waals surface area contributed by atoms with Gasteiger partial charge in [0.2, 0.25) is 5.91 Å². The van der Waals surface area contributed by atoms with E-state index < -0.39 is 0 Å². The maximum absolute atomic E-state index is 12.7. The van der Waals surface area contributed by atoms with Gasteiger partial charge in [0.1, 0.15) is 5.69 Å². The van der Waals surface area contributed by atoms with Crippen molar-refractivity contribution < 1.29 is 9.59 Å². The van der Waals surface area contributed by atoms with Gasteiger partial charge in [0.15, 0.2) is 0 Å². The molecule has 0 atom stereocenters. The van der Waals surface area contributed by atoms with E-state index in [1.807, 2.05) is 54.0 Å². The first-order chi connectivity index (χ1) is 12.6. The Bertz CT molecular complexity index is 780. The number of aromatic nitrogens is 1. The van der Waals surface area contributed by atoms with E-state index in [0.717, 1.165) is 24.0 Å². The molecule has 0 N–H and O–H groups in total. The van der Waals surface area contributed by atoms with E-state index >= 15 is 0 Å². The van der Waals surface area contributed by atoms with Crippen LogP contribution in [0.2, 0.25) is 0 Å². The monoisotopic (exact) mass is 354 g/mol. The van der Waals surface area contributed by atoms with Gasteiger partial charge in [0.05, 0.1) is 12.1 Å². The zero-order valence-corrected chi connectivity index (χ0v) is 15.5. The third-order valence-electron chi connectivity index (χ3n) is 4.95. The maximum Gasteiger partial charge on any atom is 0.272 e. The van der Waals surface area contributed by atoms with E-state index in [9.17, 15) is 9.59 Å². The highest BCUT2D eigenvalue weighted by Crippen LogP contribution is 2.14. The lowest BCUT2D eigenvalue weighted by Gasteiger charge is -2.35. The highest BCUT2D eigenvalue weighted by Gasteiger charge is 2.25. The van der Waals surface area contributed by atoms with E-state index in [1.54, 1.807) is 6.07 Å². The summed E-state index contributed by atoms with van der Waals surface area (Å²) in [5.41, 5.74) is 1.32.